The Morgan fingerprint density at radius 1 is 1.21 bits per heavy atom. The number of nitrogens with zero attached hydrogens (tertiary/aromatic N) is 1. The van der Waals surface area contributed by atoms with Gasteiger partial charge in [-0.1, -0.05) is 35.9 Å². The van der Waals surface area contributed by atoms with Crippen molar-refractivity contribution in [1.82, 2.24) is 5.32 Å². The summed E-state index contributed by atoms with van der Waals surface area (Å²) >= 11 is 6.02. The molecule has 2 aromatic carbocycles. The predicted molar refractivity (Wildman–Crippen MR) is 113 cm³/mol. The molecule has 0 saturated carbocycles. The Bertz CT molecular complexity index is 947. The Kier molecular flexibility index (Phi) is 7.32. The van der Waals surface area contributed by atoms with E-state index in [0.717, 1.165) is 21.7 Å². The van der Waals surface area contributed by atoms with Gasteiger partial charge in [-0.3, -0.25) is 9.10 Å². The zero-order valence-corrected chi connectivity index (χ0v) is 18.0. The van der Waals surface area contributed by atoms with E-state index in [2.05, 4.69) is 5.32 Å². The third kappa shape index (κ3) is 5.62. The van der Waals surface area contributed by atoms with Gasteiger partial charge in [0, 0.05) is 0 Å². The Hall–Kier alpha value is -2.25. The van der Waals surface area contributed by atoms with Gasteiger partial charge in [0.05, 0.1) is 23.5 Å². The molecule has 0 saturated heterocycles. The van der Waals surface area contributed by atoms with Crippen LogP contribution in [-0.4, -0.2) is 39.8 Å². The lowest BCUT2D eigenvalue weighted by Crippen LogP contribution is -2.48. The molecule has 1 amide bonds. The van der Waals surface area contributed by atoms with Crippen LogP contribution in [0.15, 0.2) is 42.5 Å². The van der Waals surface area contributed by atoms with Crippen LogP contribution in [-0.2, 0) is 14.8 Å². The number of aryl methyl sites for hydroxylation is 2. The summed E-state index contributed by atoms with van der Waals surface area (Å²) in [6.45, 7) is 5.69. The molecule has 2 rings (SSSR count). The molecule has 28 heavy (non-hydrogen) atoms. The smallest absolute Gasteiger partial charge is 0.243 e. The molecule has 152 valence electrons. The number of sulfonamides is 1. The largest absolute Gasteiger partial charge is 0.490 e. The minimum Gasteiger partial charge on any atom is -0.490 e. The van der Waals surface area contributed by atoms with Crippen molar-refractivity contribution in [3.63, 3.8) is 0 Å². The number of ether oxygens (including phenoxy) is 1. The highest BCUT2D eigenvalue weighted by Crippen LogP contribution is 2.26. The summed E-state index contributed by atoms with van der Waals surface area (Å²) in [4.78, 5) is 12.6. The second kappa shape index (κ2) is 9.30. The summed E-state index contributed by atoms with van der Waals surface area (Å²) in [6.07, 6.45) is 1.10. The van der Waals surface area contributed by atoms with Gasteiger partial charge in [0.1, 0.15) is 18.4 Å². The van der Waals surface area contributed by atoms with Gasteiger partial charge in [0.25, 0.3) is 0 Å². The van der Waals surface area contributed by atoms with E-state index in [0.29, 0.717) is 16.5 Å². The molecule has 0 heterocycles. The summed E-state index contributed by atoms with van der Waals surface area (Å²) in [5, 5.41) is 3.20. The second-order valence-corrected chi connectivity index (χ2v) is 8.86. The van der Waals surface area contributed by atoms with Crippen LogP contribution < -0.4 is 14.4 Å². The van der Waals surface area contributed by atoms with Crippen molar-refractivity contribution in [2.45, 2.75) is 26.8 Å². The van der Waals surface area contributed by atoms with Crippen LogP contribution in [0.1, 0.15) is 18.1 Å². The maximum atomic E-state index is 12.6. The number of carbonyl (C=O) groups excluding carboxylic acids is 1. The van der Waals surface area contributed by atoms with Crippen molar-refractivity contribution >= 4 is 33.2 Å². The van der Waals surface area contributed by atoms with E-state index in [1.54, 1.807) is 37.3 Å². The first kappa shape index (κ1) is 22.0. The topological polar surface area (TPSA) is 75.7 Å². The summed E-state index contributed by atoms with van der Waals surface area (Å²) in [5.74, 6) is 0.119. The van der Waals surface area contributed by atoms with E-state index in [9.17, 15) is 13.2 Å². The first-order chi connectivity index (χ1) is 13.1. The minimum atomic E-state index is -3.66. The second-order valence-electron chi connectivity index (χ2n) is 6.59. The molecule has 8 heteroatoms. The molecule has 0 aliphatic heterocycles. The van der Waals surface area contributed by atoms with Gasteiger partial charge in [0.15, 0.2) is 0 Å². The quantitative estimate of drug-likeness (QED) is 0.659. The molecule has 0 bridgehead atoms. The molecule has 0 fully saturated rings. The Balaban J connectivity index is 2.06. The molecule has 1 unspecified atom stereocenters. The van der Waals surface area contributed by atoms with E-state index in [4.69, 9.17) is 16.3 Å². The number of amides is 1. The maximum Gasteiger partial charge on any atom is 0.243 e. The van der Waals surface area contributed by atoms with Crippen LogP contribution in [0.2, 0.25) is 5.02 Å². The average Bonchev–Trinajstić information content (AvgIpc) is 2.61. The summed E-state index contributed by atoms with van der Waals surface area (Å²) in [6, 6.07) is 11.6. The fourth-order valence-corrected chi connectivity index (χ4v) is 4.20. The van der Waals surface area contributed by atoms with Crippen LogP contribution in [0.25, 0.3) is 0 Å². The van der Waals surface area contributed by atoms with Gasteiger partial charge < -0.3 is 10.1 Å². The van der Waals surface area contributed by atoms with Gasteiger partial charge in [-0.25, -0.2) is 8.42 Å². The van der Waals surface area contributed by atoms with E-state index in [1.807, 2.05) is 26.0 Å². The van der Waals surface area contributed by atoms with Crippen LogP contribution in [0.5, 0.6) is 5.75 Å². The van der Waals surface area contributed by atoms with Gasteiger partial charge in [0.2, 0.25) is 15.9 Å². The number of hydrogen-bond acceptors (Lipinski definition) is 4. The first-order valence-electron chi connectivity index (χ1n) is 8.83. The lowest BCUT2D eigenvalue weighted by molar-refractivity contribution is -0.121. The number of nitrogens with one attached hydrogen (secondary N) is 1. The number of halogens is 1. The number of para-hydroxylation sites is 1. The van der Waals surface area contributed by atoms with Crippen LogP contribution in [0.3, 0.4) is 0 Å². The van der Waals surface area contributed by atoms with Gasteiger partial charge >= 0.3 is 0 Å². The van der Waals surface area contributed by atoms with Crippen molar-refractivity contribution in [2.24, 2.45) is 0 Å². The lowest BCUT2D eigenvalue weighted by atomic mass is 10.1. The molecular formula is C20H25ClN2O4S. The molecule has 2 aromatic rings. The van der Waals surface area contributed by atoms with E-state index < -0.39 is 22.0 Å². The van der Waals surface area contributed by atoms with E-state index >= 15 is 0 Å². The fourth-order valence-electron chi connectivity index (χ4n) is 2.78. The zero-order valence-electron chi connectivity index (χ0n) is 16.4. The maximum absolute atomic E-state index is 12.6. The zero-order chi connectivity index (χ0) is 20.9. The van der Waals surface area contributed by atoms with Gasteiger partial charge in [-0.2, -0.15) is 0 Å². The molecule has 0 aliphatic rings. The molecule has 0 aromatic heterocycles. The standard InChI is InChI=1S/C20H25ClN2O4S/c1-14-9-10-15(2)18(13-14)23(28(4,25)26)16(3)20(24)22-11-12-27-19-8-6-5-7-17(19)21/h5-10,13,16H,11-12H2,1-4H3,(H,22,24). The lowest BCUT2D eigenvalue weighted by Gasteiger charge is -2.29. The third-order valence-electron chi connectivity index (χ3n) is 4.19. The van der Waals surface area contributed by atoms with Crippen LogP contribution >= 0.6 is 11.6 Å². The van der Waals surface area contributed by atoms with Gasteiger partial charge in [-0.15, -0.1) is 0 Å². The number of rotatable bonds is 8. The number of carbonyl (C=O) groups is 1. The molecule has 0 radical (unpaired) electrons. The number of anilines is 1. The number of hydrogen-bond donors (Lipinski definition) is 1. The molecule has 1 atom stereocenters. The average molecular weight is 425 g/mol. The highest BCUT2D eigenvalue weighted by molar-refractivity contribution is 7.92. The number of benzene rings is 2. The van der Waals surface area contributed by atoms with E-state index in [-0.39, 0.29) is 13.2 Å². The molecule has 6 nitrogen and oxygen atoms in total. The monoisotopic (exact) mass is 424 g/mol. The highest BCUT2D eigenvalue weighted by atomic mass is 35.5. The van der Waals surface area contributed by atoms with Crippen molar-refractivity contribution < 1.29 is 17.9 Å². The molecule has 1 N–H and O–H groups in total. The molecule has 0 aliphatic carbocycles. The van der Waals surface area contributed by atoms with Crippen molar-refractivity contribution in [1.29, 1.82) is 0 Å². The SMILES string of the molecule is Cc1ccc(C)c(N(C(C)C(=O)NCCOc2ccccc2Cl)S(C)(=O)=O)c1. The van der Waals surface area contributed by atoms with Crippen molar-refractivity contribution in [2.75, 3.05) is 23.7 Å². The summed E-state index contributed by atoms with van der Waals surface area (Å²) < 4.78 is 31.5. The Morgan fingerprint density at radius 2 is 1.89 bits per heavy atom. The summed E-state index contributed by atoms with van der Waals surface area (Å²) in [5.41, 5.74) is 2.19. The summed E-state index contributed by atoms with van der Waals surface area (Å²) in [7, 11) is -3.66. The van der Waals surface area contributed by atoms with Crippen LogP contribution in [0.4, 0.5) is 5.69 Å². The Labute approximate surface area is 171 Å². The molecule has 0 spiro atoms. The van der Waals surface area contributed by atoms with Crippen LogP contribution in [0, 0.1) is 13.8 Å². The van der Waals surface area contributed by atoms with Crippen molar-refractivity contribution in [3.8, 4) is 5.75 Å². The third-order valence-corrected chi connectivity index (χ3v) is 5.73. The van der Waals surface area contributed by atoms with E-state index in [1.165, 1.54) is 0 Å². The normalized spacial score (nSPS) is 12.3. The fraction of sp³-hybridized carbons (Fsp3) is 0.350. The minimum absolute atomic E-state index is 0.213. The van der Waals surface area contributed by atoms with Gasteiger partial charge in [-0.05, 0) is 50.1 Å². The predicted octanol–water partition coefficient (Wildman–Crippen LogP) is 3.31. The molecular weight excluding hydrogens is 400 g/mol. The first-order valence-corrected chi connectivity index (χ1v) is 11.1. The Morgan fingerprint density at radius 3 is 2.54 bits per heavy atom. The highest BCUT2D eigenvalue weighted by Gasteiger charge is 2.30. The van der Waals surface area contributed by atoms with Crippen molar-refractivity contribution in [3.05, 3.63) is 58.6 Å².